The molecule has 1 aromatic carbocycles. The van der Waals surface area contributed by atoms with Gasteiger partial charge in [0.25, 0.3) is 0 Å². The largest absolute Gasteiger partial charge is 0.493 e. The zero-order valence-corrected chi connectivity index (χ0v) is 14.4. The number of hydrogen-bond acceptors (Lipinski definition) is 5. The highest BCUT2D eigenvalue weighted by atomic mass is 35.5. The smallest absolute Gasteiger partial charge is 0.224 e. The van der Waals surface area contributed by atoms with Gasteiger partial charge in [-0.2, -0.15) is 0 Å². The molecule has 0 fully saturated rings. The first kappa shape index (κ1) is 17.1. The third-order valence-corrected chi connectivity index (χ3v) is 4.02. The van der Waals surface area contributed by atoms with E-state index >= 15 is 0 Å². The number of ether oxygens (including phenoxy) is 3. The van der Waals surface area contributed by atoms with Crippen molar-refractivity contribution in [2.75, 3.05) is 21.3 Å². The Hall–Kier alpha value is -2.27. The van der Waals surface area contributed by atoms with E-state index in [1.165, 1.54) is 20.4 Å². The number of ketones is 1. The van der Waals surface area contributed by atoms with Crippen LogP contribution in [0.25, 0.3) is 0 Å². The quantitative estimate of drug-likeness (QED) is 0.781. The van der Waals surface area contributed by atoms with Crippen LogP contribution in [0.15, 0.2) is 18.3 Å². The SMILES string of the molecule is COc1cc(C)c(C(=O)c2c(OC)ncc(Cl)c2C)cc1OC. The molecule has 0 aliphatic rings. The number of aryl methyl sites for hydroxylation is 1. The molecule has 2 rings (SSSR count). The van der Waals surface area contributed by atoms with E-state index in [9.17, 15) is 4.79 Å². The highest BCUT2D eigenvalue weighted by Crippen LogP contribution is 2.34. The molecule has 122 valence electrons. The van der Waals surface area contributed by atoms with Crippen molar-refractivity contribution in [3.8, 4) is 17.4 Å². The molecule has 0 atom stereocenters. The average molecular weight is 336 g/mol. The molecule has 0 unspecified atom stereocenters. The molecule has 0 saturated carbocycles. The zero-order chi connectivity index (χ0) is 17.1. The summed E-state index contributed by atoms with van der Waals surface area (Å²) >= 11 is 6.11. The Labute approximate surface area is 140 Å². The Kier molecular flexibility index (Phi) is 5.11. The summed E-state index contributed by atoms with van der Waals surface area (Å²) in [6.07, 6.45) is 1.47. The van der Waals surface area contributed by atoms with Gasteiger partial charge in [0.1, 0.15) is 0 Å². The van der Waals surface area contributed by atoms with Crippen LogP contribution in [0.4, 0.5) is 0 Å². The molecule has 0 bridgehead atoms. The highest BCUT2D eigenvalue weighted by Gasteiger charge is 2.23. The molecule has 1 aromatic heterocycles. The molecule has 23 heavy (non-hydrogen) atoms. The Morgan fingerprint density at radius 2 is 1.65 bits per heavy atom. The van der Waals surface area contributed by atoms with Gasteiger partial charge in [-0.25, -0.2) is 4.98 Å². The summed E-state index contributed by atoms with van der Waals surface area (Å²) in [5, 5.41) is 0.410. The van der Waals surface area contributed by atoms with Crippen LogP contribution in [0.3, 0.4) is 0 Å². The Morgan fingerprint density at radius 3 is 2.22 bits per heavy atom. The van der Waals surface area contributed by atoms with E-state index in [1.54, 1.807) is 26.2 Å². The standard InChI is InChI=1S/C17H18ClNO4/c1-9-6-13(21-3)14(22-4)7-11(9)16(20)15-10(2)12(18)8-19-17(15)23-5/h6-8H,1-5H3. The zero-order valence-electron chi connectivity index (χ0n) is 13.7. The molecule has 0 N–H and O–H groups in total. The van der Waals surface area contributed by atoms with E-state index in [0.717, 1.165) is 5.56 Å². The van der Waals surface area contributed by atoms with Crippen LogP contribution >= 0.6 is 11.6 Å². The maximum atomic E-state index is 13.0. The molecule has 0 saturated heterocycles. The van der Waals surface area contributed by atoms with Crippen LogP contribution in [-0.4, -0.2) is 32.1 Å². The van der Waals surface area contributed by atoms with Gasteiger partial charge in [-0.15, -0.1) is 0 Å². The summed E-state index contributed by atoms with van der Waals surface area (Å²) in [5.74, 6) is 1.06. The molecular weight excluding hydrogens is 318 g/mol. The molecule has 0 aliphatic carbocycles. The van der Waals surface area contributed by atoms with Gasteiger partial charge in [-0.1, -0.05) is 11.6 Å². The number of pyridine rings is 1. The number of carbonyl (C=O) groups is 1. The fraction of sp³-hybridized carbons (Fsp3) is 0.294. The van der Waals surface area contributed by atoms with Crippen LogP contribution in [0.1, 0.15) is 27.0 Å². The molecule has 0 amide bonds. The maximum absolute atomic E-state index is 13.0. The van der Waals surface area contributed by atoms with E-state index in [4.69, 9.17) is 25.8 Å². The first-order valence-electron chi connectivity index (χ1n) is 6.91. The van der Waals surface area contributed by atoms with Crippen molar-refractivity contribution in [3.63, 3.8) is 0 Å². The first-order chi connectivity index (χ1) is 10.9. The van der Waals surface area contributed by atoms with Crippen LogP contribution in [0.5, 0.6) is 17.4 Å². The topological polar surface area (TPSA) is 57.7 Å². The first-order valence-corrected chi connectivity index (χ1v) is 7.28. The Bertz CT molecular complexity index is 759. The number of methoxy groups -OCH3 is 3. The van der Waals surface area contributed by atoms with E-state index in [0.29, 0.717) is 33.2 Å². The molecular formula is C17H18ClNO4. The normalized spacial score (nSPS) is 10.3. The van der Waals surface area contributed by atoms with Gasteiger partial charge >= 0.3 is 0 Å². The summed E-state index contributed by atoms with van der Waals surface area (Å²) in [4.78, 5) is 17.1. The van der Waals surface area contributed by atoms with Gasteiger partial charge in [-0.3, -0.25) is 4.79 Å². The number of benzene rings is 1. The molecule has 0 aliphatic heterocycles. The molecule has 0 spiro atoms. The number of halogens is 1. The van der Waals surface area contributed by atoms with Gasteiger partial charge < -0.3 is 14.2 Å². The monoisotopic (exact) mass is 335 g/mol. The number of hydrogen-bond donors (Lipinski definition) is 0. The van der Waals surface area contributed by atoms with E-state index in [2.05, 4.69) is 4.98 Å². The number of nitrogens with zero attached hydrogens (tertiary/aromatic N) is 1. The second kappa shape index (κ2) is 6.87. The van der Waals surface area contributed by atoms with Crippen LogP contribution < -0.4 is 14.2 Å². The maximum Gasteiger partial charge on any atom is 0.224 e. The lowest BCUT2D eigenvalue weighted by molar-refractivity contribution is 0.103. The van der Waals surface area contributed by atoms with Crippen molar-refractivity contribution in [2.24, 2.45) is 0 Å². The summed E-state index contributed by atoms with van der Waals surface area (Å²) in [6.45, 7) is 3.59. The summed E-state index contributed by atoms with van der Waals surface area (Å²) in [7, 11) is 4.54. The molecule has 5 nitrogen and oxygen atoms in total. The summed E-state index contributed by atoms with van der Waals surface area (Å²) in [5.41, 5.74) is 2.20. The average Bonchev–Trinajstić information content (AvgIpc) is 2.56. The summed E-state index contributed by atoms with van der Waals surface area (Å²) in [6, 6.07) is 3.40. The van der Waals surface area contributed by atoms with E-state index in [-0.39, 0.29) is 11.7 Å². The van der Waals surface area contributed by atoms with Gasteiger partial charge in [0, 0.05) is 11.8 Å². The van der Waals surface area contributed by atoms with Crippen molar-refractivity contribution in [1.82, 2.24) is 4.98 Å². The third kappa shape index (κ3) is 3.10. The van der Waals surface area contributed by atoms with Gasteiger partial charge in [0.15, 0.2) is 17.3 Å². The molecule has 6 heteroatoms. The van der Waals surface area contributed by atoms with Gasteiger partial charge in [-0.05, 0) is 37.1 Å². The molecule has 1 heterocycles. The van der Waals surface area contributed by atoms with E-state index < -0.39 is 0 Å². The van der Waals surface area contributed by atoms with Gasteiger partial charge in [0.2, 0.25) is 5.88 Å². The highest BCUT2D eigenvalue weighted by molar-refractivity contribution is 6.32. The van der Waals surface area contributed by atoms with Crippen molar-refractivity contribution in [1.29, 1.82) is 0 Å². The number of carbonyl (C=O) groups excluding carboxylic acids is 1. The summed E-state index contributed by atoms with van der Waals surface area (Å²) < 4.78 is 15.7. The van der Waals surface area contributed by atoms with Crippen LogP contribution in [0, 0.1) is 13.8 Å². The number of aromatic nitrogens is 1. The minimum absolute atomic E-state index is 0.229. The second-order valence-electron chi connectivity index (χ2n) is 4.97. The predicted octanol–water partition coefficient (Wildman–Crippen LogP) is 3.61. The predicted molar refractivity (Wildman–Crippen MR) is 88.3 cm³/mol. The number of rotatable bonds is 5. The lowest BCUT2D eigenvalue weighted by atomic mass is 9.96. The van der Waals surface area contributed by atoms with Crippen LogP contribution in [0.2, 0.25) is 5.02 Å². The fourth-order valence-electron chi connectivity index (χ4n) is 2.34. The van der Waals surface area contributed by atoms with Crippen molar-refractivity contribution >= 4 is 17.4 Å². The Morgan fingerprint density at radius 1 is 1.04 bits per heavy atom. The van der Waals surface area contributed by atoms with E-state index in [1.807, 2.05) is 6.92 Å². The van der Waals surface area contributed by atoms with Gasteiger partial charge in [0.05, 0.1) is 31.9 Å². The Balaban J connectivity index is 2.64. The third-order valence-electron chi connectivity index (χ3n) is 3.64. The van der Waals surface area contributed by atoms with Crippen LogP contribution in [-0.2, 0) is 0 Å². The molecule has 2 aromatic rings. The lowest BCUT2D eigenvalue weighted by Crippen LogP contribution is -2.10. The van der Waals surface area contributed by atoms with Crippen molar-refractivity contribution < 1.29 is 19.0 Å². The minimum Gasteiger partial charge on any atom is -0.493 e. The fourth-order valence-corrected chi connectivity index (χ4v) is 2.48. The minimum atomic E-state index is -0.229. The molecule has 0 radical (unpaired) electrons. The van der Waals surface area contributed by atoms with Crippen molar-refractivity contribution in [2.45, 2.75) is 13.8 Å². The van der Waals surface area contributed by atoms with Crippen molar-refractivity contribution in [3.05, 3.63) is 45.6 Å². The lowest BCUT2D eigenvalue weighted by Gasteiger charge is -2.15. The second-order valence-corrected chi connectivity index (χ2v) is 5.37.